The lowest BCUT2D eigenvalue weighted by Crippen LogP contribution is -2.56. The number of hydrogen-bond acceptors (Lipinski definition) is 7. The molecule has 4 aliphatic rings. The van der Waals surface area contributed by atoms with Gasteiger partial charge in [0.15, 0.2) is 0 Å². The molecule has 13 heteroatoms. The standard InChI is InChI=1S/C39H46N10O3/c1-25-19-26(20-30-23-40-44-35(25)30)21-34(38(51)48-17-11-31(12-18-48)47-13-9-28(10-14-47)36-45-41-24-46(36)2)43-39(52)49-15-7-27(8-16-49)32-22-29-5-3-4-6-33(29)42-37(32)50/h3-6,19-20,22-24,28,31,34H,7-18,21H2,1-2H3,(H,40,44)(H,43,52)/t34-/m1/s1. The van der Waals surface area contributed by atoms with Crippen LogP contribution in [0.2, 0.25) is 0 Å². The van der Waals surface area contributed by atoms with Crippen molar-refractivity contribution >= 4 is 34.8 Å². The van der Waals surface area contributed by atoms with Crippen LogP contribution in [-0.2, 0) is 23.1 Å². The number of carbonyl (C=O) groups excluding carboxylic acids is 3. The zero-order valence-corrected chi connectivity index (χ0v) is 29.9. The number of aryl methyl sites for hydroxylation is 2. The maximum absolute atomic E-state index is 14.3. The number of benzene rings is 2. The topological polar surface area (TPSA) is 145 Å². The molecule has 3 saturated heterocycles. The van der Waals surface area contributed by atoms with Crippen molar-refractivity contribution in [3.63, 3.8) is 0 Å². The fourth-order valence-corrected chi connectivity index (χ4v) is 8.56. The third kappa shape index (κ3) is 6.89. The average molecular weight is 703 g/mol. The number of amides is 4. The summed E-state index contributed by atoms with van der Waals surface area (Å²) in [6, 6.07) is 11.2. The van der Waals surface area contributed by atoms with Crippen LogP contribution in [0.15, 0.2) is 65.1 Å². The van der Waals surface area contributed by atoms with E-state index in [0.717, 1.165) is 77.4 Å². The Morgan fingerprint density at radius 3 is 2.50 bits per heavy atom. The second-order valence-corrected chi connectivity index (χ2v) is 14.7. The van der Waals surface area contributed by atoms with Gasteiger partial charge in [0.05, 0.1) is 17.1 Å². The molecular weight excluding hydrogens is 656 g/mol. The minimum absolute atomic E-state index is 0.0415. The SMILES string of the molecule is Cc1cc(C[C@@H](NC(=O)N2CCC(=C3C=c4ccccc4=NC3=O)CC2)C(=O)N2CCC(N3CCC(c4nncn4C)CC3)CC2)cc2cn[nH]c12. The number of piperidine rings is 3. The number of hydrogen-bond donors (Lipinski definition) is 2. The number of aromatic amines is 1. The second-order valence-electron chi connectivity index (χ2n) is 14.7. The van der Waals surface area contributed by atoms with Crippen LogP contribution in [0.1, 0.15) is 61.4 Å². The molecule has 52 heavy (non-hydrogen) atoms. The van der Waals surface area contributed by atoms with E-state index in [4.69, 9.17) is 0 Å². The number of fused-ring (bicyclic) bond motifs is 2. The van der Waals surface area contributed by atoms with Crippen LogP contribution in [0.5, 0.6) is 0 Å². The van der Waals surface area contributed by atoms with Gasteiger partial charge in [-0.15, -0.1) is 10.2 Å². The molecule has 0 aliphatic carbocycles. The number of rotatable bonds is 6. The summed E-state index contributed by atoms with van der Waals surface area (Å²) in [6.45, 7) is 6.33. The van der Waals surface area contributed by atoms with Crippen LogP contribution in [0, 0.1) is 6.92 Å². The minimum atomic E-state index is -0.710. The molecule has 13 nitrogen and oxygen atoms in total. The van der Waals surface area contributed by atoms with Crippen LogP contribution in [-0.4, -0.2) is 109 Å². The monoisotopic (exact) mass is 702 g/mol. The Kier molecular flexibility index (Phi) is 9.43. The van der Waals surface area contributed by atoms with E-state index in [-0.39, 0.29) is 17.8 Å². The lowest BCUT2D eigenvalue weighted by atomic mass is 9.92. The highest BCUT2D eigenvalue weighted by atomic mass is 16.2. The fourth-order valence-electron chi connectivity index (χ4n) is 8.56. The molecule has 3 fully saturated rings. The van der Waals surface area contributed by atoms with Gasteiger partial charge in [-0.2, -0.15) is 5.10 Å². The number of urea groups is 1. The number of nitrogens with one attached hydrogen (secondary N) is 2. The molecule has 4 aromatic rings. The van der Waals surface area contributed by atoms with Crippen molar-refractivity contribution in [2.45, 2.75) is 69.9 Å². The molecule has 0 spiro atoms. The van der Waals surface area contributed by atoms with Crippen LogP contribution in [0.25, 0.3) is 17.0 Å². The lowest BCUT2D eigenvalue weighted by Gasteiger charge is -2.42. The second kappa shape index (κ2) is 14.5. The van der Waals surface area contributed by atoms with Crippen molar-refractivity contribution in [1.29, 1.82) is 0 Å². The normalized spacial score (nSPS) is 19.7. The molecule has 0 saturated carbocycles. The summed E-state index contributed by atoms with van der Waals surface area (Å²) in [6.07, 6.45) is 11.0. The Balaban J connectivity index is 0.927. The Morgan fingerprint density at radius 2 is 1.75 bits per heavy atom. The fraction of sp³-hybridized carbons (Fsp3) is 0.462. The van der Waals surface area contributed by atoms with E-state index < -0.39 is 6.04 Å². The number of H-pyrrole nitrogens is 1. The van der Waals surface area contributed by atoms with Gasteiger partial charge in [-0.1, -0.05) is 29.8 Å². The first-order valence-electron chi connectivity index (χ1n) is 18.6. The Bertz CT molecular complexity index is 2140. The highest BCUT2D eigenvalue weighted by Gasteiger charge is 2.35. The van der Waals surface area contributed by atoms with Gasteiger partial charge in [-0.05, 0) is 87.9 Å². The summed E-state index contributed by atoms with van der Waals surface area (Å²) in [5, 5.41) is 21.4. The van der Waals surface area contributed by atoms with Crippen LogP contribution < -0.4 is 15.9 Å². The minimum Gasteiger partial charge on any atom is -0.341 e. The molecule has 0 bridgehead atoms. The highest BCUT2D eigenvalue weighted by molar-refractivity contribution is 6.04. The van der Waals surface area contributed by atoms with E-state index in [2.05, 4.69) is 47.7 Å². The molecule has 2 aromatic carbocycles. The van der Waals surface area contributed by atoms with Gasteiger partial charge in [0.2, 0.25) is 5.91 Å². The maximum Gasteiger partial charge on any atom is 0.318 e. The van der Waals surface area contributed by atoms with E-state index >= 15 is 0 Å². The largest absolute Gasteiger partial charge is 0.341 e. The zero-order chi connectivity index (χ0) is 35.8. The van der Waals surface area contributed by atoms with Crippen molar-refractivity contribution in [3.8, 4) is 0 Å². The number of nitrogens with zero attached hydrogens (tertiary/aromatic N) is 8. The van der Waals surface area contributed by atoms with Gasteiger partial charge < -0.3 is 24.6 Å². The predicted octanol–water partition coefficient (Wildman–Crippen LogP) is 2.52. The smallest absolute Gasteiger partial charge is 0.318 e. The summed E-state index contributed by atoms with van der Waals surface area (Å²) in [7, 11) is 2.01. The van der Waals surface area contributed by atoms with Crippen LogP contribution in [0.3, 0.4) is 0 Å². The van der Waals surface area contributed by atoms with Crippen molar-refractivity contribution in [1.82, 2.24) is 45.0 Å². The van der Waals surface area contributed by atoms with Gasteiger partial charge >= 0.3 is 6.03 Å². The third-order valence-electron chi connectivity index (χ3n) is 11.5. The van der Waals surface area contributed by atoms with Crippen LogP contribution >= 0.6 is 0 Å². The van der Waals surface area contributed by atoms with Gasteiger partial charge in [0.25, 0.3) is 5.91 Å². The molecule has 2 aromatic heterocycles. The molecule has 0 unspecified atom stereocenters. The van der Waals surface area contributed by atoms with Crippen molar-refractivity contribution < 1.29 is 14.4 Å². The average Bonchev–Trinajstić information content (AvgIpc) is 3.83. The van der Waals surface area contributed by atoms with Crippen LogP contribution in [0.4, 0.5) is 4.79 Å². The molecule has 4 aliphatic heterocycles. The van der Waals surface area contributed by atoms with Gasteiger partial charge in [0, 0.05) is 67.8 Å². The quantitative estimate of drug-likeness (QED) is 0.294. The lowest BCUT2D eigenvalue weighted by molar-refractivity contribution is -0.135. The molecule has 8 rings (SSSR count). The number of likely N-dealkylation sites (tertiary alicyclic amines) is 3. The maximum atomic E-state index is 14.3. The van der Waals surface area contributed by atoms with E-state index in [1.165, 1.54) is 0 Å². The van der Waals surface area contributed by atoms with E-state index in [1.54, 1.807) is 17.4 Å². The van der Waals surface area contributed by atoms with Gasteiger partial charge in [-0.25, -0.2) is 9.79 Å². The summed E-state index contributed by atoms with van der Waals surface area (Å²) in [5.41, 5.74) is 4.65. The van der Waals surface area contributed by atoms with E-state index in [0.29, 0.717) is 68.3 Å². The van der Waals surface area contributed by atoms with Crippen molar-refractivity contribution in [2.24, 2.45) is 12.0 Å². The zero-order valence-electron chi connectivity index (χ0n) is 29.9. The summed E-state index contributed by atoms with van der Waals surface area (Å²) in [5.74, 6) is 1.23. The molecule has 6 heterocycles. The van der Waals surface area contributed by atoms with Gasteiger partial charge in [-0.3, -0.25) is 14.7 Å². The first-order valence-corrected chi connectivity index (χ1v) is 18.6. The molecule has 1 atom stereocenters. The van der Waals surface area contributed by atoms with Crippen molar-refractivity contribution in [2.75, 3.05) is 39.3 Å². The van der Waals surface area contributed by atoms with Gasteiger partial charge in [0.1, 0.15) is 18.2 Å². The predicted molar refractivity (Wildman–Crippen MR) is 196 cm³/mol. The molecular formula is C39H46N10O3. The highest BCUT2D eigenvalue weighted by Crippen LogP contribution is 2.30. The molecule has 0 radical (unpaired) electrons. The Morgan fingerprint density at radius 1 is 0.981 bits per heavy atom. The first-order chi connectivity index (χ1) is 25.3. The third-order valence-corrected chi connectivity index (χ3v) is 11.5. The number of carbonyl (C=O) groups is 3. The summed E-state index contributed by atoms with van der Waals surface area (Å²) >= 11 is 0. The van der Waals surface area contributed by atoms with E-state index in [1.807, 2.05) is 53.8 Å². The Hall–Kier alpha value is -5.17. The number of para-hydroxylation sites is 1. The molecule has 4 amide bonds. The first kappa shape index (κ1) is 33.9. The van der Waals surface area contributed by atoms with Crippen molar-refractivity contribution in [3.05, 3.63) is 87.6 Å². The van der Waals surface area contributed by atoms with E-state index in [9.17, 15) is 14.4 Å². The molecule has 2 N–H and O–H groups in total. The number of aromatic nitrogens is 5. The molecule has 270 valence electrons. The summed E-state index contributed by atoms with van der Waals surface area (Å²) in [4.78, 5) is 51.6. The Labute approximate surface area is 302 Å². The summed E-state index contributed by atoms with van der Waals surface area (Å²) < 4.78 is 2.03.